The second-order valence-corrected chi connectivity index (χ2v) is 16.3. The first-order valence-corrected chi connectivity index (χ1v) is 25.1. The molecule has 17 nitrogen and oxygen atoms in total. The van der Waals surface area contributed by atoms with Crippen LogP contribution < -0.4 is 43.4 Å². The third-order valence-corrected chi connectivity index (χ3v) is 12.2. The van der Waals surface area contributed by atoms with Gasteiger partial charge < -0.3 is 24.5 Å². The Bertz CT molecular complexity index is 2320. The fraction of sp³-hybridized carbons (Fsp3) is 0.455. The molecule has 8 rings (SSSR count). The van der Waals surface area contributed by atoms with E-state index in [9.17, 15) is 0 Å². The minimum atomic E-state index is -0.222. The van der Waals surface area contributed by atoms with Crippen LogP contribution in [0.5, 0.6) is 0 Å². The number of anilines is 4. The number of hydrazine groups is 4. The van der Waals surface area contributed by atoms with E-state index < -0.39 is 0 Å². The number of aromatic nitrogens is 4. The van der Waals surface area contributed by atoms with E-state index in [1.54, 1.807) is 41.8 Å². The Kier molecular flexibility index (Phi) is 68.6. The van der Waals surface area contributed by atoms with Crippen molar-refractivity contribution in [3.05, 3.63) is 97.1 Å². The maximum absolute atomic E-state index is 9.00. The Hall–Kier alpha value is -5.30. The summed E-state index contributed by atoms with van der Waals surface area (Å²) in [7, 11) is 3.46. The Morgan fingerprint density at radius 2 is 0.724 bits per heavy atom. The first kappa shape index (κ1) is 93.2. The molecule has 0 bridgehead atoms. The first-order chi connectivity index (χ1) is 33.0. The highest BCUT2D eigenvalue weighted by molar-refractivity contribution is 7.23. The summed E-state index contributed by atoms with van der Waals surface area (Å²) in [6, 6.07) is 31.7. The molecular weight excluding hydrogens is 1040 g/mol. The van der Waals surface area contributed by atoms with Crippen molar-refractivity contribution in [1.29, 1.82) is 0 Å². The molecule has 0 fully saturated rings. The minimum Gasteiger partial charge on any atom is -0.394 e. The summed E-state index contributed by atoms with van der Waals surface area (Å²) < 4.78 is 9.57. The molecule has 0 spiro atoms. The number of thiazole rings is 4. The van der Waals surface area contributed by atoms with Crippen LogP contribution in [0, 0.1) is 0 Å². The number of aliphatic hydroxyl groups is 2. The third kappa shape index (κ3) is 30.4. The van der Waals surface area contributed by atoms with Gasteiger partial charge in [0, 0.05) is 14.2 Å². The van der Waals surface area contributed by atoms with E-state index in [-0.39, 0.29) is 84.8 Å². The van der Waals surface area contributed by atoms with Crippen molar-refractivity contribution < 1.29 is 24.5 Å². The summed E-state index contributed by atoms with van der Waals surface area (Å²) in [6.07, 6.45) is 0. The zero-order valence-corrected chi connectivity index (χ0v) is 44.8. The highest BCUT2D eigenvalue weighted by atomic mass is 32.1. The first-order valence-electron chi connectivity index (χ1n) is 21.8. The number of carbonyl (C=O) groups excluding carboxylic acids is 2. The lowest BCUT2D eigenvalue weighted by atomic mass is 10.3. The van der Waals surface area contributed by atoms with Gasteiger partial charge in [0.25, 0.3) is 0 Å². The van der Waals surface area contributed by atoms with Crippen molar-refractivity contribution in [2.24, 2.45) is 23.4 Å². The SMILES string of the molecule is C.C.C.C.C.C.C.C.C=O.C=O.CC.CC.CC.CC.CC(CO)N(N)c1nc2ccccc2s1.CN(N)c1nc2ccccc2s1.COCC(C)N(N)c1nc2ccccc2s1.NN(CO)c1nc2ccccc2s1. The van der Waals surface area contributed by atoms with Crippen LogP contribution in [-0.4, -0.2) is 89.9 Å². The molecule has 0 aliphatic rings. The van der Waals surface area contributed by atoms with Gasteiger partial charge in [0.05, 0.1) is 66.2 Å². The molecule has 2 unspecified atom stereocenters. The molecule has 76 heavy (non-hydrogen) atoms. The Balaban J connectivity index is -0.0000000868. The van der Waals surface area contributed by atoms with Crippen LogP contribution >= 0.6 is 45.3 Å². The minimum absolute atomic E-state index is 0. The highest BCUT2D eigenvalue weighted by Gasteiger charge is 2.15. The normalized spacial score (nSPS) is 9.18. The van der Waals surface area contributed by atoms with Gasteiger partial charge in [0.15, 0.2) is 0 Å². The molecule has 10 N–H and O–H groups in total. The lowest BCUT2D eigenvalue weighted by molar-refractivity contribution is -0.0987. The monoisotopic (exact) mass is 1140 g/mol. The van der Waals surface area contributed by atoms with Gasteiger partial charge in [-0.3, -0.25) is 20.0 Å². The Labute approximate surface area is 477 Å². The summed E-state index contributed by atoms with van der Waals surface area (Å²) in [4.78, 5) is 33.4. The van der Waals surface area contributed by atoms with Gasteiger partial charge in [-0.05, 0) is 62.4 Å². The maximum atomic E-state index is 9.00. The molecule has 0 aliphatic heterocycles. The average Bonchev–Trinajstić information content (AvgIpc) is 4.24. The van der Waals surface area contributed by atoms with Crippen LogP contribution in [0.25, 0.3) is 40.9 Å². The number of carbonyl (C=O) groups is 2. The van der Waals surface area contributed by atoms with Crippen molar-refractivity contribution >= 4 is 120 Å². The smallest absolute Gasteiger partial charge is 0.202 e. The summed E-state index contributed by atoms with van der Waals surface area (Å²) in [6.45, 7) is 24.3. The molecule has 0 saturated carbocycles. The van der Waals surface area contributed by atoms with Crippen molar-refractivity contribution in [2.75, 3.05) is 54.1 Å². The number of benzene rings is 4. The van der Waals surface area contributed by atoms with Crippen molar-refractivity contribution in [3.8, 4) is 0 Å². The van der Waals surface area contributed by atoms with E-state index in [2.05, 4.69) is 19.9 Å². The number of fused-ring (bicyclic) bond motifs is 4. The van der Waals surface area contributed by atoms with E-state index in [0.29, 0.717) is 11.7 Å². The summed E-state index contributed by atoms with van der Waals surface area (Å²) >= 11 is 6.18. The second kappa shape index (κ2) is 55.9. The summed E-state index contributed by atoms with van der Waals surface area (Å²) in [5.41, 5.74) is 3.85. The lowest BCUT2D eigenvalue weighted by Gasteiger charge is -2.22. The predicted molar refractivity (Wildman–Crippen MR) is 350 cm³/mol. The highest BCUT2D eigenvalue weighted by Crippen LogP contribution is 2.30. The van der Waals surface area contributed by atoms with Crippen LogP contribution in [0.2, 0.25) is 0 Å². The maximum Gasteiger partial charge on any atom is 0.202 e. The number of aliphatic hydroxyl groups excluding tert-OH is 2. The molecule has 4 heterocycles. The van der Waals surface area contributed by atoms with Gasteiger partial charge in [0.1, 0.15) is 20.3 Å². The van der Waals surface area contributed by atoms with Crippen molar-refractivity contribution in [3.63, 3.8) is 0 Å². The van der Waals surface area contributed by atoms with Crippen molar-refractivity contribution in [2.45, 2.75) is 141 Å². The molecule has 8 aromatic rings. The number of ether oxygens (including phenoxy) is 1. The number of para-hydroxylation sites is 4. The van der Waals surface area contributed by atoms with Crippen molar-refractivity contribution in [1.82, 2.24) is 19.9 Å². The molecule has 0 aliphatic carbocycles. The Morgan fingerprint density at radius 1 is 0.474 bits per heavy atom. The number of hydrogen-bond acceptors (Lipinski definition) is 21. The van der Waals surface area contributed by atoms with E-state index in [4.69, 9.17) is 47.9 Å². The number of nitrogens with zero attached hydrogens (tertiary/aromatic N) is 8. The van der Waals surface area contributed by atoms with E-state index in [1.807, 2.05) is 180 Å². The predicted octanol–water partition coefficient (Wildman–Crippen LogP) is 14.7. The van der Waals surface area contributed by atoms with Crippen LogP contribution in [0.1, 0.15) is 129 Å². The fourth-order valence-corrected chi connectivity index (χ4v) is 8.49. The molecule has 0 saturated heterocycles. The van der Waals surface area contributed by atoms with Gasteiger partial charge in [-0.1, -0.05) is 209 Å². The number of hydrogen-bond donors (Lipinski definition) is 6. The average molecular weight is 1140 g/mol. The van der Waals surface area contributed by atoms with Crippen LogP contribution in [-0.2, 0) is 14.3 Å². The second-order valence-electron chi connectivity index (χ2n) is 12.2. The number of rotatable bonds is 10. The largest absolute Gasteiger partial charge is 0.394 e. The standard InChI is InChI=1S/C11H15N3OS.C10H13N3OS.C8H9N3OS.C8H9N3S.4C2H6.2CH2O.8CH4/c1-8(7-15-2)14(12)11-13-9-5-3-4-6-10(9)16-11;1-7(6-14)13(11)10-12-8-4-2-3-5-9(8)15-10;9-11(5-12)8-10-6-3-1-2-4-7(6)13-8;1-11(9)8-10-6-4-2-3-5-7(6)12-8;6*1-2;;;;;;;;/h3-6,8H,7,12H2,1-2H3;2-5,7,14H,6,11H2,1H3;1-4,12H,5,9H2;2-5H,9H2,1H3;4*1-2H3;2*1H2;8*1H4. The van der Waals surface area contributed by atoms with E-state index in [1.165, 1.54) is 42.4 Å². The van der Waals surface area contributed by atoms with E-state index in [0.717, 1.165) is 51.6 Å². The fourth-order valence-electron chi connectivity index (χ4n) is 4.78. The molecule has 0 amide bonds. The van der Waals surface area contributed by atoms with Crippen LogP contribution in [0.4, 0.5) is 20.5 Å². The van der Waals surface area contributed by atoms with Gasteiger partial charge in [0.2, 0.25) is 20.5 Å². The van der Waals surface area contributed by atoms with Gasteiger partial charge in [-0.25, -0.2) is 43.3 Å². The zero-order chi connectivity index (χ0) is 52.2. The van der Waals surface area contributed by atoms with E-state index >= 15 is 0 Å². The van der Waals surface area contributed by atoms with Gasteiger partial charge in [-0.15, -0.1) is 0 Å². The van der Waals surface area contributed by atoms with Gasteiger partial charge >= 0.3 is 0 Å². The van der Waals surface area contributed by atoms with Crippen LogP contribution in [0.3, 0.4) is 0 Å². The molecular formula is C55H106N12O5S4. The molecule has 4 aromatic heterocycles. The zero-order valence-electron chi connectivity index (χ0n) is 41.6. The molecule has 0 radical (unpaired) electrons. The lowest BCUT2D eigenvalue weighted by Crippen LogP contribution is -2.41. The molecule has 440 valence electrons. The number of methoxy groups -OCH3 is 1. The summed E-state index contributed by atoms with van der Waals surface area (Å²) in [5, 5.41) is 26.7. The molecule has 21 heteroatoms. The quantitative estimate of drug-likeness (QED) is 0.0423. The molecule has 4 aromatic carbocycles. The third-order valence-electron chi connectivity index (χ3n) is 7.89. The Morgan fingerprint density at radius 3 is 0.987 bits per heavy atom. The molecule has 2 atom stereocenters. The number of nitrogens with two attached hydrogens (primary N) is 4. The van der Waals surface area contributed by atoms with Crippen LogP contribution in [0.15, 0.2) is 97.1 Å². The topological polar surface area (TPSA) is 252 Å². The van der Waals surface area contributed by atoms with Gasteiger partial charge in [-0.2, -0.15) is 0 Å². The summed E-state index contributed by atoms with van der Waals surface area (Å²) in [5.74, 6) is 22.9.